The molecule has 4 rings (SSSR count). The fourth-order valence-corrected chi connectivity index (χ4v) is 4.41. The van der Waals surface area contributed by atoms with Crippen molar-refractivity contribution in [2.75, 3.05) is 19.5 Å². The third kappa shape index (κ3) is 2.34. The number of aryl methyl sites for hydroxylation is 1. The highest BCUT2D eigenvalue weighted by atomic mass is 31.2. The second-order valence-corrected chi connectivity index (χ2v) is 7.64. The van der Waals surface area contributed by atoms with E-state index in [-0.39, 0.29) is 24.6 Å². The number of phosphoric ester groups is 1. The molecule has 2 aromatic heterocycles. The van der Waals surface area contributed by atoms with Gasteiger partial charge in [-0.1, -0.05) is 6.92 Å². The topological polar surface area (TPSA) is 124 Å². The largest absolute Gasteiger partial charge is 0.474 e. The van der Waals surface area contributed by atoms with Crippen molar-refractivity contribution in [3.05, 3.63) is 12.0 Å². The molecule has 4 heterocycles. The molecule has 2 unspecified atom stereocenters. The van der Waals surface area contributed by atoms with Gasteiger partial charge in [0.1, 0.15) is 24.0 Å². The Morgan fingerprint density at radius 2 is 2.25 bits per heavy atom. The van der Waals surface area contributed by atoms with Crippen molar-refractivity contribution in [3.63, 3.8) is 0 Å². The fourth-order valence-electron chi connectivity index (χ4n) is 3.20. The van der Waals surface area contributed by atoms with E-state index in [0.717, 1.165) is 0 Å². The van der Waals surface area contributed by atoms with Gasteiger partial charge in [0, 0.05) is 13.0 Å². The van der Waals surface area contributed by atoms with Gasteiger partial charge in [0.25, 0.3) is 0 Å². The number of nitrogens with two attached hydrogens (primary N) is 1. The van der Waals surface area contributed by atoms with Crippen LogP contribution in [-0.4, -0.2) is 45.4 Å². The molecule has 10 nitrogen and oxygen atoms in total. The van der Waals surface area contributed by atoms with Crippen molar-refractivity contribution < 1.29 is 22.9 Å². The average molecular weight is 355 g/mol. The minimum atomic E-state index is -3.52. The Hall–Kier alpha value is -1.58. The Balaban J connectivity index is 1.70. The van der Waals surface area contributed by atoms with Gasteiger partial charge in [0.2, 0.25) is 5.95 Å². The van der Waals surface area contributed by atoms with Crippen molar-refractivity contribution in [1.29, 1.82) is 0 Å². The summed E-state index contributed by atoms with van der Waals surface area (Å²) < 4.78 is 35.6. The number of rotatable bonds is 2. The molecule has 0 amide bonds. The predicted molar refractivity (Wildman–Crippen MR) is 83.0 cm³/mol. The van der Waals surface area contributed by atoms with Crippen LogP contribution in [0.3, 0.4) is 0 Å². The number of nitrogens with zero attached hydrogens (tertiary/aromatic N) is 4. The molecule has 2 N–H and O–H groups in total. The maximum absolute atomic E-state index is 12.2. The Kier molecular flexibility index (Phi) is 3.63. The molecule has 0 spiro atoms. The van der Waals surface area contributed by atoms with Crippen molar-refractivity contribution in [1.82, 2.24) is 19.5 Å². The fraction of sp³-hybridized carbons (Fsp3) is 0.615. The number of ether oxygens (including phenoxy) is 1. The number of nitrogen functional groups attached to an aromatic ring is 1. The number of anilines is 1. The third-order valence-corrected chi connectivity index (χ3v) is 5.82. The smallest absolute Gasteiger partial charge is 0.368 e. The van der Waals surface area contributed by atoms with Crippen molar-refractivity contribution in [3.8, 4) is 0 Å². The Labute approximate surface area is 137 Å². The summed E-state index contributed by atoms with van der Waals surface area (Å²) in [6.07, 6.45) is 0.485. The standard InChI is InChI=1S/C13H18N5O5P/c1-6-10-8(4-21-24(19,20-3)23-10)22-12(6)18-5-15-9-7(2)16-13(14)17-11(9)18/h5-6,8,10,12H,4H2,1-3H3,(H2,14,16,17)/t6?,8-,10+,12-,24?/m1/s1. The van der Waals surface area contributed by atoms with Crippen LogP contribution in [-0.2, 0) is 22.9 Å². The summed E-state index contributed by atoms with van der Waals surface area (Å²) in [5.41, 5.74) is 7.70. The number of fused-ring (bicyclic) bond motifs is 2. The molecule has 2 saturated heterocycles. The number of hydrogen-bond donors (Lipinski definition) is 1. The molecule has 2 fully saturated rings. The molecule has 130 valence electrons. The molecule has 2 aliphatic heterocycles. The second kappa shape index (κ2) is 5.47. The molecule has 0 bridgehead atoms. The SMILES string of the molecule is COP1(=O)OC[C@H]2O[C@@H](n3cnc4c(C)nc(N)nc43)C(C)[C@@H]2O1. The number of imidazole rings is 1. The summed E-state index contributed by atoms with van der Waals surface area (Å²) in [4.78, 5) is 12.7. The number of aromatic nitrogens is 4. The summed E-state index contributed by atoms with van der Waals surface area (Å²) in [5, 5.41) is 0. The molecule has 2 aliphatic rings. The molecule has 0 aliphatic carbocycles. The van der Waals surface area contributed by atoms with Gasteiger partial charge in [0.05, 0.1) is 18.6 Å². The molecular formula is C13H18N5O5P. The molecule has 0 aromatic carbocycles. The lowest BCUT2D eigenvalue weighted by molar-refractivity contribution is -0.0684. The summed E-state index contributed by atoms with van der Waals surface area (Å²) in [6, 6.07) is 0. The van der Waals surface area contributed by atoms with Gasteiger partial charge >= 0.3 is 7.82 Å². The van der Waals surface area contributed by atoms with E-state index >= 15 is 0 Å². The lowest BCUT2D eigenvalue weighted by Gasteiger charge is -2.30. The maximum Gasteiger partial charge on any atom is 0.474 e. The van der Waals surface area contributed by atoms with Crippen molar-refractivity contribution >= 4 is 24.9 Å². The van der Waals surface area contributed by atoms with E-state index in [1.165, 1.54) is 7.11 Å². The van der Waals surface area contributed by atoms with Crippen LogP contribution in [0, 0.1) is 12.8 Å². The molecule has 5 atom stereocenters. The first kappa shape index (κ1) is 15.9. The van der Waals surface area contributed by atoms with Gasteiger partial charge in [0.15, 0.2) is 5.65 Å². The Morgan fingerprint density at radius 1 is 1.46 bits per heavy atom. The molecule has 0 saturated carbocycles. The van der Waals surface area contributed by atoms with Gasteiger partial charge in [-0.15, -0.1) is 0 Å². The Bertz CT molecular complexity index is 842. The van der Waals surface area contributed by atoms with Gasteiger partial charge in [-0.05, 0) is 6.92 Å². The van der Waals surface area contributed by atoms with E-state index in [2.05, 4.69) is 15.0 Å². The second-order valence-electron chi connectivity index (χ2n) is 5.91. The summed E-state index contributed by atoms with van der Waals surface area (Å²) in [7, 11) is -2.22. The summed E-state index contributed by atoms with van der Waals surface area (Å²) >= 11 is 0. The van der Waals surface area contributed by atoms with E-state index in [1.807, 2.05) is 13.8 Å². The van der Waals surface area contributed by atoms with E-state index in [4.69, 9.17) is 24.0 Å². The van der Waals surface area contributed by atoms with Gasteiger partial charge in [-0.25, -0.2) is 14.5 Å². The van der Waals surface area contributed by atoms with Crippen LogP contribution in [0.5, 0.6) is 0 Å². The van der Waals surface area contributed by atoms with Crippen LogP contribution in [0.25, 0.3) is 11.2 Å². The minimum Gasteiger partial charge on any atom is -0.368 e. The number of hydrogen-bond acceptors (Lipinski definition) is 9. The monoisotopic (exact) mass is 355 g/mol. The third-order valence-electron chi connectivity index (χ3n) is 4.41. The zero-order valence-corrected chi connectivity index (χ0v) is 14.3. The van der Waals surface area contributed by atoms with Crippen LogP contribution in [0.15, 0.2) is 6.33 Å². The Morgan fingerprint density at radius 3 is 3.00 bits per heavy atom. The van der Waals surface area contributed by atoms with Gasteiger partial charge in [-0.3, -0.25) is 18.1 Å². The zero-order valence-electron chi connectivity index (χ0n) is 13.4. The molecule has 24 heavy (non-hydrogen) atoms. The summed E-state index contributed by atoms with van der Waals surface area (Å²) in [6.45, 7) is 3.91. The highest BCUT2D eigenvalue weighted by molar-refractivity contribution is 7.48. The highest BCUT2D eigenvalue weighted by Crippen LogP contribution is 2.57. The highest BCUT2D eigenvalue weighted by Gasteiger charge is 2.51. The predicted octanol–water partition coefficient (Wildman–Crippen LogP) is 1.42. The van der Waals surface area contributed by atoms with Crippen LogP contribution in [0.2, 0.25) is 0 Å². The lowest BCUT2D eigenvalue weighted by atomic mass is 10.0. The maximum atomic E-state index is 12.2. The van der Waals surface area contributed by atoms with E-state index < -0.39 is 20.2 Å². The first-order valence-corrected chi connectivity index (χ1v) is 8.99. The minimum absolute atomic E-state index is 0.115. The number of phosphoric acid groups is 1. The molecule has 2 aromatic rings. The van der Waals surface area contributed by atoms with E-state index in [9.17, 15) is 4.57 Å². The van der Waals surface area contributed by atoms with Crippen molar-refractivity contribution in [2.24, 2.45) is 5.92 Å². The zero-order chi connectivity index (χ0) is 17.1. The molecular weight excluding hydrogens is 337 g/mol. The molecule has 0 radical (unpaired) electrons. The molecule has 11 heteroatoms. The average Bonchev–Trinajstić information content (AvgIpc) is 3.09. The first-order chi connectivity index (χ1) is 11.4. The van der Waals surface area contributed by atoms with Crippen molar-refractivity contribution in [2.45, 2.75) is 32.3 Å². The van der Waals surface area contributed by atoms with Gasteiger partial charge < -0.3 is 10.5 Å². The first-order valence-electron chi connectivity index (χ1n) is 7.52. The quantitative estimate of drug-likeness (QED) is 0.796. The summed E-state index contributed by atoms with van der Waals surface area (Å²) in [5.74, 6) is 0.0598. The van der Waals surface area contributed by atoms with E-state index in [0.29, 0.717) is 16.9 Å². The van der Waals surface area contributed by atoms with Crippen LogP contribution < -0.4 is 5.73 Å². The lowest BCUT2D eigenvalue weighted by Crippen LogP contribution is -2.36. The van der Waals surface area contributed by atoms with Crippen LogP contribution >= 0.6 is 7.82 Å². The van der Waals surface area contributed by atoms with Crippen LogP contribution in [0.4, 0.5) is 5.95 Å². The van der Waals surface area contributed by atoms with E-state index in [1.54, 1.807) is 10.9 Å². The van der Waals surface area contributed by atoms with Crippen LogP contribution in [0.1, 0.15) is 18.8 Å². The normalized spacial score (nSPS) is 36.1. The van der Waals surface area contributed by atoms with Gasteiger partial charge in [-0.2, -0.15) is 4.98 Å².